The van der Waals surface area contributed by atoms with E-state index in [9.17, 15) is 19.2 Å². The molecule has 1 aromatic heterocycles. The van der Waals surface area contributed by atoms with Gasteiger partial charge < -0.3 is 10.2 Å². The molecular formula is C25H23FN2O4. The molecule has 4 rings (SSSR count). The van der Waals surface area contributed by atoms with Crippen LogP contribution in [0.15, 0.2) is 59.8 Å². The molecular weight excluding hydrogens is 411 g/mol. The lowest BCUT2D eigenvalue weighted by molar-refractivity contribution is -0.137. The third-order valence-electron chi connectivity index (χ3n) is 5.61. The molecule has 0 bridgehead atoms. The Bertz CT molecular complexity index is 1170. The molecule has 0 aliphatic heterocycles. The normalized spacial score (nSPS) is 15.7. The van der Waals surface area contributed by atoms with Crippen molar-refractivity contribution >= 4 is 22.9 Å². The highest BCUT2D eigenvalue weighted by molar-refractivity contribution is 5.99. The van der Waals surface area contributed by atoms with Crippen LogP contribution >= 0.6 is 0 Å². The summed E-state index contributed by atoms with van der Waals surface area (Å²) in [7, 11) is 0. The van der Waals surface area contributed by atoms with Gasteiger partial charge in [-0.1, -0.05) is 47.7 Å². The molecule has 2 atom stereocenters. The number of carboxylic acid groups (broad SMARTS) is 1. The maximum absolute atomic E-state index is 13.6. The van der Waals surface area contributed by atoms with Crippen molar-refractivity contribution in [2.24, 2.45) is 5.18 Å². The van der Waals surface area contributed by atoms with E-state index in [1.54, 1.807) is 24.3 Å². The largest absolute Gasteiger partial charge is 0.481 e. The Kier molecular flexibility index (Phi) is 6.37. The second-order valence-corrected chi connectivity index (χ2v) is 8.10. The van der Waals surface area contributed by atoms with E-state index < -0.39 is 24.5 Å². The lowest BCUT2D eigenvalue weighted by atomic mass is 9.92. The number of nitrogens with zero attached hydrogens (tertiary/aromatic N) is 2. The van der Waals surface area contributed by atoms with Crippen LogP contribution in [0, 0.1) is 10.7 Å². The Balaban J connectivity index is 1.78. The van der Waals surface area contributed by atoms with Crippen molar-refractivity contribution in [3.8, 4) is 11.1 Å². The summed E-state index contributed by atoms with van der Waals surface area (Å²) in [5.41, 5.74) is 4.33. The van der Waals surface area contributed by atoms with Crippen LogP contribution < -0.4 is 0 Å². The van der Waals surface area contributed by atoms with E-state index in [1.807, 2.05) is 24.3 Å². The zero-order valence-electron chi connectivity index (χ0n) is 17.3. The number of aliphatic hydroxyl groups excluding tert-OH is 1. The number of hydrogen-bond donors (Lipinski definition) is 2. The number of halogens is 1. The Morgan fingerprint density at radius 1 is 1.19 bits per heavy atom. The number of carbonyl (C=O) groups is 1. The van der Waals surface area contributed by atoms with Crippen LogP contribution in [0.4, 0.5) is 4.39 Å². The number of nitroso groups, excluding NO2 is 1. The Hall–Kier alpha value is -3.45. The van der Waals surface area contributed by atoms with E-state index in [-0.39, 0.29) is 12.2 Å². The first-order valence-electron chi connectivity index (χ1n) is 10.6. The third kappa shape index (κ3) is 4.89. The molecule has 1 aliphatic carbocycles. The van der Waals surface area contributed by atoms with Gasteiger partial charge in [-0.25, -0.2) is 4.39 Å². The van der Waals surface area contributed by atoms with Gasteiger partial charge in [-0.05, 0) is 36.6 Å². The number of carboxylic acids is 1. The molecule has 164 valence electrons. The summed E-state index contributed by atoms with van der Waals surface area (Å²) < 4.78 is 13.6. The van der Waals surface area contributed by atoms with Crippen molar-refractivity contribution < 1.29 is 19.4 Å². The number of aromatic nitrogens is 1. The molecule has 0 radical (unpaired) electrons. The second kappa shape index (κ2) is 9.36. The SMILES string of the molecule is O=N[C@@H](CC(=O)O)C[C@H](O)/C=C/c1c(C2CC2)nc2ccccc2c1-c1ccc(F)cc1. The zero-order valence-corrected chi connectivity index (χ0v) is 17.3. The molecule has 0 amide bonds. The van der Waals surface area contributed by atoms with Crippen LogP contribution in [-0.4, -0.2) is 33.3 Å². The minimum Gasteiger partial charge on any atom is -0.481 e. The van der Waals surface area contributed by atoms with E-state index in [2.05, 4.69) is 5.18 Å². The topological polar surface area (TPSA) is 99.9 Å². The molecule has 1 heterocycles. The van der Waals surface area contributed by atoms with Crippen LogP contribution in [-0.2, 0) is 4.79 Å². The van der Waals surface area contributed by atoms with Crippen LogP contribution in [0.1, 0.15) is 42.9 Å². The van der Waals surface area contributed by atoms with Gasteiger partial charge in [-0.15, -0.1) is 0 Å². The quantitative estimate of drug-likeness (QED) is 0.446. The number of hydrogen-bond acceptors (Lipinski definition) is 5. The molecule has 0 spiro atoms. The minimum atomic E-state index is -1.14. The standard InChI is InChI=1S/C25H23FN2O4/c26-17-9-7-15(8-10-17)24-20-3-1-2-4-22(20)27-25(16-5-6-16)21(24)12-11-19(29)13-18(28-32)14-23(30)31/h1-4,7-12,16,18-19,29H,5-6,13-14H2,(H,30,31)/b12-11+/t18-,19-/m1/s1. The van der Waals surface area contributed by atoms with Gasteiger partial charge >= 0.3 is 5.97 Å². The van der Waals surface area contributed by atoms with Crippen molar-refractivity contribution in [2.75, 3.05) is 0 Å². The maximum Gasteiger partial charge on any atom is 0.305 e. The van der Waals surface area contributed by atoms with E-state index in [0.29, 0.717) is 5.92 Å². The average Bonchev–Trinajstić information content (AvgIpc) is 3.62. The predicted molar refractivity (Wildman–Crippen MR) is 121 cm³/mol. The van der Waals surface area contributed by atoms with Crippen molar-refractivity contribution in [1.82, 2.24) is 4.98 Å². The summed E-state index contributed by atoms with van der Waals surface area (Å²) in [4.78, 5) is 26.7. The van der Waals surface area contributed by atoms with Gasteiger partial charge in [0, 0.05) is 28.9 Å². The van der Waals surface area contributed by atoms with Crippen molar-refractivity contribution in [2.45, 2.75) is 43.7 Å². The summed E-state index contributed by atoms with van der Waals surface area (Å²) in [5.74, 6) is -1.15. The van der Waals surface area contributed by atoms with E-state index in [4.69, 9.17) is 10.1 Å². The summed E-state index contributed by atoms with van der Waals surface area (Å²) in [6.07, 6.45) is 3.80. The Morgan fingerprint density at radius 2 is 1.91 bits per heavy atom. The fourth-order valence-corrected chi connectivity index (χ4v) is 3.94. The number of aliphatic hydroxyl groups is 1. The molecule has 32 heavy (non-hydrogen) atoms. The summed E-state index contributed by atoms with van der Waals surface area (Å²) in [6, 6.07) is 13.0. The highest BCUT2D eigenvalue weighted by Crippen LogP contribution is 2.45. The van der Waals surface area contributed by atoms with Crippen molar-refractivity contribution in [1.29, 1.82) is 0 Å². The Labute approximate surface area is 184 Å². The molecule has 7 heteroatoms. The highest BCUT2D eigenvalue weighted by atomic mass is 19.1. The molecule has 3 aromatic rings. The first-order chi connectivity index (χ1) is 15.5. The predicted octanol–water partition coefficient (Wildman–Crippen LogP) is 5.29. The van der Waals surface area contributed by atoms with Crippen LogP contribution in [0.3, 0.4) is 0 Å². The average molecular weight is 434 g/mol. The second-order valence-electron chi connectivity index (χ2n) is 8.10. The molecule has 0 saturated heterocycles. The number of benzene rings is 2. The molecule has 2 N–H and O–H groups in total. The lowest BCUT2D eigenvalue weighted by Gasteiger charge is -2.16. The van der Waals surface area contributed by atoms with Gasteiger partial charge in [-0.3, -0.25) is 9.78 Å². The molecule has 1 saturated carbocycles. The fraction of sp³-hybridized carbons (Fsp3) is 0.280. The number of para-hydroxylation sites is 1. The maximum atomic E-state index is 13.6. The summed E-state index contributed by atoms with van der Waals surface area (Å²) in [5, 5.41) is 23.1. The lowest BCUT2D eigenvalue weighted by Crippen LogP contribution is -2.17. The van der Waals surface area contributed by atoms with Gasteiger partial charge in [0.1, 0.15) is 11.9 Å². The highest BCUT2D eigenvalue weighted by Gasteiger charge is 2.29. The molecule has 1 aliphatic rings. The monoisotopic (exact) mass is 434 g/mol. The first-order valence-corrected chi connectivity index (χ1v) is 10.6. The molecule has 0 unspecified atom stereocenters. The van der Waals surface area contributed by atoms with E-state index in [1.165, 1.54) is 12.1 Å². The smallest absolute Gasteiger partial charge is 0.305 e. The first kappa shape index (κ1) is 21.8. The van der Waals surface area contributed by atoms with Gasteiger partial charge in [0.25, 0.3) is 0 Å². The Morgan fingerprint density at radius 3 is 2.56 bits per heavy atom. The van der Waals surface area contributed by atoms with Crippen molar-refractivity contribution in [3.63, 3.8) is 0 Å². The fourth-order valence-electron chi connectivity index (χ4n) is 3.94. The third-order valence-corrected chi connectivity index (χ3v) is 5.61. The van der Waals surface area contributed by atoms with Gasteiger partial charge in [0.2, 0.25) is 0 Å². The molecule has 1 fully saturated rings. The number of rotatable bonds is 9. The van der Waals surface area contributed by atoms with Gasteiger partial charge in [0.05, 0.1) is 23.7 Å². The molecule has 2 aromatic carbocycles. The van der Waals surface area contributed by atoms with Crippen LogP contribution in [0.2, 0.25) is 0 Å². The number of pyridine rings is 1. The van der Waals surface area contributed by atoms with E-state index in [0.717, 1.165) is 46.1 Å². The summed E-state index contributed by atoms with van der Waals surface area (Å²) in [6.45, 7) is 0. The van der Waals surface area contributed by atoms with Gasteiger partial charge in [0.15, 0.2) is 0 Å². The van der Waals surface area contributed by atoms with Crippen LogP contribution in [0.25, 0.3) is 28.1 Å². The van der Waals surface area contributed by atoms with E-state index >= 15 is 0 Å². The number of aliphatic carboxylic acids is 1. The van der Waals surface area contributed by atoms with Gasteiger partial charge in [-0.2, -0.15) is 4.91 Å². The van der Waals surface area contributed by atoms with Crippen molar-refractivity contribution in [3.05, 3.63) is 76.6 Å². The summed E-state index contributed by atoms with van der Waals surface area (Å²) >= 11 is 0. The molecule has 6 nitrogen and oxygen atoms in total. The minimum absolute atomic E-state index is 0.0854. The zero-order chi connectivity index (χ0) is 22.7. The number of fused-ring (bicyclic) bond motifs is 1. The van der Waals surface area contributed by atoms with Crippen LogP contribution in [0.5, 0.6) is 0 Å².